The molecule has 1 aromatic heterocycles. The molecule has 1 amide bonds. The summed E-state index contributed by atoms with van der Waals surface area (Å²) in [5.74, 6) is -0.186. The van der Waals surface area contributed by atoms with Gasteiger partial charge in [0, 0.05) is 32.0 Å². The van der Waals surface area contributed by atoms with E-state index >= 15 is 0 Å². The highest BCUT2D eigenvalue weighted by atomic mass is 32.2. The summed E-state index contributed by atoms with van der Waals surface area (Å²) in [4.78, 5) is 18.6. The molecule has 0 spiro atoms. The van der Waals surface area contributed by atoms with Crippen LogP contribution in [-0.2, 0) is 27.7 Å². The van der Waals surface area contributed by atoms with Crippen LogP contribution in [0.15, 0.2) is 12.4 Å². The van der Waals surface area contributed by atoms with Crippen LogP contribution in [0.2, 0.25) is 0 Å². The van der Waals surface area contributed by atoms with E-state index in [2.05, 4.69) is 4.98 Å². The van der Waals surface area contributed by atoms with Crippen molar-refractivity contribution in [3.63, 3.8) is 0 Å². The van der Waals surface area contributed by atoms with Crippen LogP contribution in [0.3, 0.4) is 0 Å². The summed E-state index contributed by atoms with van der Waals surface area (Å²) < 4.78 is 30.2. The van der Waals surface area contributed by atoms with Gasteiger partial charge in [0.2, 0.25) is 10.0 Å². The first kappa shape index (κ1) is 17.3. The van der Waals surface area contributed by atoms with Crippen LogP contribution >= 0.6 is 0 Å². The highest BCUT2D eigenvalue weighted by Gasteiger charge is 2.32. The summed E-state index contributed by atoms with van der Waals surface area (Å²) >= 11 is 0. The van der Waals surface area contributed by atoms with Crippen molar-refractivity contribution >= 4 is 15.9 Å². The lowest BCUT2D eigenvalue weighted by Gasteiger charge is -2.35. The molecule has 0 radical (unpaired) electrons. The van der Waals surface area contributed by atoms with Gasteiger partial charge in [-0.25, -0.2) is 8.42 Å². The number of amides is 1. The second kappa shape index (κ2) is 6.75. The number of aliphatic hydroxyl groups excluding tert-OH is 1. The molecule has 8 nitrogen and oxygen atoms in total. The Labute approximate surface area is 141 Å². The number of ether oxygens (including phenoxy) is 1. The van der Waals surface area contributed by atoms with Crippen LogP contribution in [0.1, 0.15) is 21.5 Å². The largest absolute Gasteiger partial charge is 0.394 e. The smallest absolute Gasteiger partial charge is 0.256 e. The highest BCUT2D eigenvalue weighted by molar-refractivity contribution is 7.88. The molecule has 1 fully saturated rings. The van der Waals surface area contributed by atoms with Gasteiger partial charge in [-0.15, -0.1) is 0 Å². The maximum absolute atomic E-state index is 12.9. The fourth-order valence-corrected chi connectivity index (χ4v) is 3.96. The van der Waals surface area contributed by atoms with Gasteiger partial charge in [-0.2, -0.15) is 4.31 Å². The first-order valence-corrected chi connectivity index (χ1v) is 9.67. The van der Waals surface area contributed by atoms with E-state index in [1.54, 1.807) is 11.1 Å². The van der Waals surface area contributed by atoms with Gasteiger partial charge in [-0.05, 0) is 17.5 Å². The highest BCUT2D eigenvalue weighted by Crippen LogP contribution is 2.25. The molecule has 1 saturated heterocycles. The summed E-state index contributed by atoms with van der Waals surface area (Å²) in [6.07, 6.45) is 4.80. The average Bonchev–Trinajstić information content (AvgIpc) is 2.59. The molecule has 24 heavy (non-hydrogen) atoms. The number of pyridine rings is 1. The summed E-state index contributed by atoms with van der Waals surface area (Å²) in [6, 6.07) is -0.363. The van der Waals surface area contributed by atoms with E-state index < -0.39 is 10.0 Å². The third kappa shape index (κ3) is 3.30. The van der Waals surface area contributed by atoms with Crippen LogP contribution in [0, 0.1) is 0 Å². The average molecular weight is 355 g/mol. The molecule has 3 heterocycles. The number of carbonyl (C=O) groups is 1. The van der Waals surface area contributed by atoms with Crippen LogP contribution in [-0.4, -0.2) is 78.8 Å². The van der Waals surface area contributed by atoms with Crippen molar-refractivity contribution < 1.29 is 23.1 Å². The molecule has 1 atom stereocenters. The second-order valence-electron chi connectivity index (χ2n) is 6.08. The van der Waals surface area contributed by atoms with E-state index in [0.717, 1.165) is 11.1 Å². The Hall–Kier alpha value is -1.55. The SMILES string of the molecule is CS(=O)(=O)N1CCc2c(cncc2C(=O)N2CCOCC2CO)C1. The molecule has 1 aromatic rings. The number of morpholine rings is 1. The maximum Gasteiger partial charge on any atom is 0.256 e. The monoisotopic (exact) mass is 355 g/mol. The van der Waals surface area contributed by atoms with Crippen molar-refractivity contribution in [2.45, 2.75) is 19.0 Å². The third-order valence-corrected chi connectivity index (χ3v) is 5.75. The molecule has 0 saturated carbocycles. The first-order valence-electron chi connectivity index (χ1n) is 7.82. The molecule has 0 aliphatic carbocycles. The number of aliphatic hydroxyl groups is 1. The van der Waals surface area contributed by atoms with E-state index in [1.807, 2.05) is 0 Å². The van der Waals surface area contributed by atoms with Gasteiger partial charge >= 0.3 is 0 Å². The van der Waals surface area contributed by atoms with Crippen LogP contribution in [0.4, 0.5) is 0 Å². The van der Waals surface area contributed by atoms with Crippen molar-refractivity contribution in [2.75, 3.05) is 39.2 Å². The number of hydrogen-bond donors (Lipinski definition) is 1. The number of sulfonamides is 1. The summed E-state index contributed by atoms with van der Waals surface area (Å²) in [5, 5.41) is 9.46. The lowest BCUT2D eigenvalue weighted by Crippen LogP contribution is -2.50. The van der Waals surface area contributed by atoms with Gasteiger partial charge in [-0.3, -0.25) is 9.78 Å². The third-order valence-electron chi connectivity index (χ3n) is 4.50. The van der Waals surface area contributed by atoms with E-state index in [4.69, 9.17) is 4.74 Å². The lowest BCUT2D eigenvalue weighted by molar-refractivity contribution is -0.0184. The first-order chi connectivity index (χ1) is 11.4. The quantitative estimate of drug-likeness (QED) is 0.764. The predicted molar refractivity (Wildman–Crippen MR) is 85.9 cm³/mol. The molecule has 3 rings (SSSR count). The molecular weight excluding hydrogens is 334 g/mol. The van der Waals surface area contributed by atoms with Crippen molar-refractivity contribution in [1.82, 2.24) is 14.2 Å². The van der Waals surface area contributed by atoms with Gasteiger partial charge in [-0.1, -0.05) is 0 Å². The molecule has 1 N–H and O–H groups in total. The van der Waals surface area contributed by atoms with Crippen LogP contribution < -0.4 is 0 Å². The van der Waals surface area contributed by atoms with Crippen molar-refractivity contribution in [2.24, 2.45) is 0 Å². The molecule has 2 aliphatic heterocycles. The zero-order valence-corrected chi connectivity index (χ0v) is 14.3. The lowest BCUT2D eigenvalue weighted by atomic mass is 9.97. The van der Waals surface area contributed by atoms with E-state index in [-0.39, 0.29) is 25.1 Å². The number of fused-ring (bicyclic) bond motifs is 1. The Balaban J connectivity index is 1.89. The fourth-order valence-electron chi connectivity index (χ4n) is 3.16. The molecule has 0 bridgehead atoms. The maximum atomic E-state index is 12.9. The molecule has 0 aromatic carbocycles. The Bertz CT molecular complexity index is 737. The Morgan fingerprint density at radius 3 is 2.92 bits per heavy atom. The minimum absolute atomic E-state index is 0.157. The Morgan fingerprint density at radius 1 is 1.42 bits per heavy atom. The van der Waals surface area contributed by atoms with E-state index in [1.165, 1.54) is 16.8 Å². The van der Waals surface area contributed by atoms with Gasteiger partial charge in [0.05, 0.1) is 37.7 Å². The van der Waals surface area contributed by atoms with E-state index in [0.29, 0.717) is 38.3 Å². The summed E-state index contributed by atoms with van der Waals surface area (Å²) in [5.41, 5.74) is 2.09. The summed E-state index contributed by atoms with van der Waals surface area (Å²) in [7, 11) is -3.27. The van der Waals surface area contributed by atoms with Gasteiger partial charge in [0.1, 0.15) is 0 Å². The molecule has 132 valence electrons. The molecule has 2 aliphatic rings. The zero-order valence-electron chi connectivity index (χ0n) is 13.5. The molecule has 1 unspecified atom stereocenters. The van der Waals surface area contributed by atoms with Gasteiger partial charge in [0.15, 0.2) is 0 Å². The number of nitrogens with zero attached hydrogens (tertiary/aromatic N) is 3. The van der Waals surface area contributed by atoms with Crippen molar-refractivity contribution in [3.05, 3.63) is 29.1 Å². The summed E-state index contributed by atoms with van der Waals surface area (Å²) in [6.45, 7) is 1.59. The number of rotatable bonds is 3. The number of carbonyl (C=O) groups excluding carboxylic acids is 1. The molecule has 9 heteroatoms. The fraction of sp³-hybridized carbons (Fsp3) is 0.600. The van der Waals surface area contributed by atoms with Crippen LogP contribution in [0.25, 0.3) is 0 Å². The van der Waals surface area contributed by atoms with E-state index in [9.17, 15) is 18.3 Å². The minimum Gasteiger partial charge on any atom is -0.394 e. The second-order valence-corrected chi connectivity index (χ2v) is 8.06. The topological polar surface area (TPSA) is 100 Å². The minimum atomic E-state index is -3.27. The van der Waals surface area contributed by atoms with Gasteiger partial charge < -0.3 is 14.7 Å². The van der Waals surface area contributed by atoms with Crippen LogP contribution in [0.5, 0.6) is 0 Å². The zero-order chi connectivity index (χ0) is 17.3. The molecular formula is C15H21N3O5S. The van der Waals surface area contributed by atoms with Crippen molar-refractivity contribution in [3.8, 4) is 0 Å². The number of aromatic nitrogens is 1. The van der Waals surface area contributed by atoms with Crippen molar-refractivity contribution in [1.29, 1.82) is 0 Å². The predicted octanol–water partition coefficient (Wildman–Crippen LogP) is -0.767. The normalized spacial score (nSPS) is 22.2. The number of hydrogen-bond acceptors (Lipinski definition) is 6. The Morgan fingerprint density at radius 2 is 2.21 bits per heavy atom. The van der Waals surface area contributed by atoms with Gasteiger partial charge in [0.25, 0.3) is 5.91 Å². The Kier molecular flexibility index (Phi) is 4.86. The standard InChI is InChI=1S/C15H21N3O5S/c1-24(21,22)17-3-2-13-11(8-17)6-16-7-14(13)15(20)18-4-5-23-10-12(18)9-19/h6-7,12,19H,2-5,8-10H2,1H3.